The fourth-order valence-electron chi connectivity index (χ4n) is 2.63. The van der Waals surface area contributed by atoms with Crippen LogP contribution in [0.4, 0.5) is 5.82 Å². The van der Waals surface area contributed by atoms with Gasteiger partial charge in [-0.25, -0.2) is 9.97 Å². The van der Waals surface area contributed by atoms with Gasteiger partial charge in [-0.2, -0.15) is 0 Å². The fraction of sp³-hybridized carbons (Fsp3) is 0.375. The van der Waals surface area contributed by atoms with E-state index in [-0.39, 0.29) is 0 Å². The highest BCUT2D eigenvalue weighted by Crippen LogP contribution is 2.35. The van der Waals surface area contributed by atoms with Gasteiger partial charge in [0.25, 0.3) is 0 Å². The normalized spacial score (nSPS) is 16.4. The number of hydrogen-bond acceptors (Lipinski definition) is 3. The van der Waals surface area contributed by atoms with E-state index in [4.69, 9.17) is 11.6 Å². The van der Waals surface area contributed by atoms with Gasteiger partial charge in [0.1, 0.15) is 16.8 Å². The number of rotatable bonds is 4. The molecule has 1 N–H and O–H groups in total. The summed E-state index contributed by atoms with van der Waals surface area (Å²) in [7, 11) is 0. The Labute approximate surface area is 124 Å². The molecule has 104 valence electrons. The molecule has 0 saturated carbocycles. The van der Waals surface area contributed by atoms with Gasteiger partial charge in [-0.1, -0.05) is 42.8 Å². The molecule has 1 aliphatic carbocycles. The monoisotopic (exact) mass is 287 g/mol. The number of nitrogens with one attached hydrogen (secondary N) is 1. The first-order chi connectivity index (χ1) is 9.69. The summed E-state index contributed by atoms with van der Waals surface area (Å²) in [5.74, 6) is 2.23. The molecule has 20 heavy (non-hydrogen) atoms. The van der Waals surface area contributed by atoms with Crippen LogP contribution < -0.4 is 5.32 Å². The fourth-order valence-corrected chi connectivity index (χ4v) is 2.81. The molecule has 3 rings (SSSR count). The lowest BCUT2D eigenvalue weighted by Gasteiger charge is -2.30. The third kappa shape index (κ3) is 2.38. The quantitative estimate of drug-likeness (QED) is 0.870. The first-order valence-electron chi connectivity index (χ1n) is 7.03. The predicted molar refractivity (Wildman–Crippen MR) is 82.5 cm³/mol. The van der Waals surface area contributed by atoms with Crippen LogP contribution in [0.5, 0.6) is 0 Å². The molecule has 0 spiro atoms. The van der Waals surface area contributed by atoms with Crippen molar-refractivity contribution >= 4 is 17.4 Å². The van der Waals surface area contributed by atoms with Crippen molar-refractivity contribution in [2.75, 3.05) is 11.9 Å². The summed E-state index contributed by atoms with van der Waals surface area (Å²) >= 11 is 6.15. The van der Waals surface area contributed by atoms with Crippen LogP contribution in [-0.2, 0) is 12.8 Å². The number of halogens is 1. The molecule has 0 amide bonds. The molecule has 1 unspecified atom stereocenters. The number of aryl methyl sites for hydroxylation is 1. The Balaban J connectivity index is 1.72. The van der Waals surface area contributed by atoms with Gasteiger partial charge < -0.3 is 5.32 Å². The standard InChI is InChI=1S/C16H18ClN3/c1-3-14-19-15(17)10(2)16(20-14)18-9-12-8-11-6-4-5-7-13(11)12/h4-7,12H,3,8-9H2,1-2H3,(H,18,19,20). The Morgan fingerprint density at radius 3 is 2.85 bits per heavy atom. The molecule has 1 aromatic carbocycles. The number of nitrogens with zero attached hydrogens (tertiary/aromatic N) is 2. The topological polar surface area (TPSA) is 37.8 Å². The third-order valence-electron chi connectivity index (χ3n) is 3.93. The van der Waals surface area contributed by atoms with Crippen LogP contribution in [0.25, 0.3) is 0 Å². The van der Waals surface area contributed by atoms with Crippen LogP contribution in [-0.4, -0.2) is 16.5 Å². The molecule has 1 heterocycles. The third-order valence-corrected chi connectivity index (χ3v) is 4.29. The van der Waals surface area contributed by atoms with Gasteiger partial charge in [0, 0.05) is 24.4 Å². The number of aromatic nitrogens is 2. The Morgan fingerprint density at radius 2 is 2.10 bits per heavy atom. The minimum Gasteiger partial charge on any atom is -0.369 e. The van der Waals surface area contributed by atoms with E-state index in [1.165, 1.54) is 11.1 Å². The van der Waals surface area contributed by atoms with E-state index < -0.39 is 0 Å². The Morgan fingerprint density at radius 1 is 1.30 bits per heavy atom. The van der Waals surface area contributed by atoms with E-state index >= 15 is 0 Å². The minimum atomic E-state index is 0.549. The number of anilines is 1. The summed E-state index contributed by atoms with van der Waals surface area (Å²) in [6.07, 6.45) is 1.93. The maximum absolute atomic E-state index is 6.15. The second-order valence-corrected chi connectivity index (χ2v) is 5.60. The van der Waals surface area contributed by atoms with Gasteiger partial charge >= 0.3 is 0 Å². The highest BCUT2D eigenvalue weighted by atomic mass is 35.5. The molecular formula is C16H18ClN3. The number of fused-ring (bicyclic) bond motifs is 1. The van der Waals surface area contributed by atoms with Crippen LogP contribution >= 0.6 is 11.6 Å². The zero-order chi connectivity index (χ0) is 14.1. The first-order valence-corrected chi connectivity index (χ1v) is 7.41. The molecule has 1 atom stereocenters. The molecule has 4 heteroatoms. The van der Waals surface area contributed by atoms with Gasteiger partial charge in [-0.3, -0.25) is 0 Å². The second kappa shape index (κ2) is 5.41. The van der Waals surface area contributed by atoms with Gasteiger partial charge in [0.2, 0.25) is 0 Å². The highest BCUT2D eigenvalue weighted by molar-refractivity contribution is 6.30. The summed E-state index contributed by atoms with van der Waals surface area (Å²) in [6, 6.07) is 8.62. The van der Waals surface area contributed by atoms with Crippen molar-refractivity contribution in [2.24, 2.45) is 0 Å². The second-order valence-electron chi connectivity index (χ2n) is 5.24. The number of benzene rings is 1. The Kier molecular flexibility index (Phi) is 3.62. The van der Waals surface area contributed by atoms with Crippen molar-refractivity contribution in [1.29, 1.82) is 0 Å². The zero-order valence-electron chi connectivity index (χ0n) is 11.8. The molecule has 0 bridgehead atoms. The summed E-state index contributed by atoms with van der Waals surface area (Å²) in [5, 5.41) is 3.99. The summed E-state index contributed by atoms with van der Waals surface area (Å²) in [6.45, 7) is 4.89. The average molecular weight is 288 g/mol. The Bertz CT molecular complexity index is 640. The highest BCUT2D eigenvalue weighted by Gasteiger charge is 2.25. The van der Waals surface area contributed by atoms with E-state index in [0.29, 0.717) is 11.1 Å². The maximum Gasteiger partial charge on any atom is 0.137 e. The molecule has 0 fully saturated rings. The summed E-state index contributed by atoms with van der Waals surface area (Å²) in [4.78, 5) is 8.79. The predicted octanol–water partition coefficient (Wildman–Crippen LogP) is 3.75. The van der Waals surface area contributed by atoms with Crippen molar-refractivity contribution in [1.82, 2.24) is 9.97 Å². The van der Waals surface area contributed by atoms with E-state index in [2.05, 4.69) is 39.6 Å². The molecule has 3 nitrogen and oxygen atoms in total. The minimum absolute atomic E-state index is 0.549. The Hall–Kier alpha value is -1.61. The van der Waals surface area contributed by atoms with Crippen molar-refractivity contribution in [2.45, 2.75) is 32.6 Å². The molecular weight excluding hydrogens is 270 g/mol. The van der Waals surface area contributed by atoms with Gasteiger partial charge in [-0.05, 0) is 24.5 Å². The lowest BCUT2D eigenvalue weighted by Crippen LogP contribution is -2.25. The summed E-state index contributed by atoms with van der Waals surface area (Å²) < 4.78 is 0. The van der Waals surface area contributed by atoms with Crippen molar-refractivity contribution < 1.29 is 0 Å². The van der Waals surface area contributed by atoms with Crippen molar-refractivity contribution in [3.05, 3.63) is 51.9 Å². The maximum atomic E-state index is 6.15. The van der Waals surface area contributed by atoms with Crippen molar-refractivity contribution in [3.63, 3.8) is 0 Å². The first kappa shape index (κ1) is 13.4. The SMILES string of the molecule is CCc1nc(Cl)c(C)c(NCC2Cc3ccccc32)n1. The van der Waals surface area contributed by atoms with E-state index in [1.54, 1.807) is 0 Å². The van der Waals surface area contributed by atoms with Crippen LogP contribution in [0.15, 0.2) is 24.3 Å². The number of hydrogen-bond donors (Lipinski definition) is 1. The van der Waals surface area contributed by atoms with Gasteiger partial charge in [0.15, 0.2) is 0 Å². The van der Waals surface area contributed by atoms with Gasteiger partial charge in [-0.15, -0.1) is 0 Å². The van der Waals surface area contributed by atoms with Gasteiger partial charge in [0.05, 0.1) is 0 Å². The smallest absolute Gasteiger partial charge is 0.137 e. The molecule has 0 aliphatic heterocycles. The van der Waals surface area contributed by atoms with E-state index in [1.807, 2.05) is 13.8 Å². The van der Waals surface area contributed by atoms with Crippen LogP contribution in [0.1, 0.15) is 35.4 Å². The van der Waals surface area contributed by atoms with E-state index in [9.17, 15) is 0 Å². The van der Waals surface area contributed by atoms with Crippen LogP contribution in [0.3, 0.4) is 0 Å². The van der Waals surface area contributed by atoms with Crippen LogP contribution in [0.2, 0.25) is 5.15 Å². The molecule has 0 radical (unpaired) electrons. The average Bonchev–Trinajstić information content (AvgIpc) is 2.44. The molecule has 2 aromatic rings. The van der Waals surface area contributed by atoms with Crippen LogP contribution in [0, 0.1) is 6.92 Å². The summed E-state index contributed by atoms with van der Waals surface area (Å²) in [5.41, 5.74) is 3.84. The molecule has 1 aliphatic rings. The lowest BCUT2D eigenvalue weighted by molar-refractivity contribution is 0.634. The van der Waals surface area contributed by atoms with Crippen molar-refractivity contribution in [3.8, 4) is 0 Å². The largest absolute Gasteiger partial charge is 0.369 e. The molecule has 0 saturated heterocycles. The lowest BCUT2D eigenvalue weighted by atomic mass is 9.77. The van der Waals surface area contributed by atoms with E-state index in [0.717, 1.165) is 36.6 Å². The zero-order valence-corrected chi connectivity index (χ0v) is 12.5. The molecule has 1 aromatic heterocycles.